The molecule has 2 saturated carbocycles. The van der Waals surface area contributed by atoms with Gasteiger partial charge in [-0.1, -0.05) is 118 Å². The van der Waals surface area contributed by atoms with Crippen LogP contribution in [0.2, 0.25) is 47.8 Å². The van der Waals surface area contributed by atoms with Gasteiger partial charge in [-0.3, -0.25) is 4.79 Å². The smallest absolute Gasteiger partial charge is 0.191 e. The van der Waals surface area contributed by atoms with Gasteiger partial charge in [0.1, 0.15) is 5.76 Å². The Morgan fingerprint density at radius 3 is 2.18 bits per heavy atom. The lowest BCUT2D eigenvalue weighted by atomic mass is 9.45. The molecule has 2 fully saturated rings. The Bertz CT molecular complexity index is 1080. The van der Waals surface area contributed by atoms with Gasteiger partial charge < -0.3 is 4.42 Å². The quantitative estimate of drug-likeness (QED) is 0.218. The van der Waals surface area contributed by atoms with Gasteiger partial charge in [-0.05, 0) is 66.9 Å². The molecule has 0 saturated heterocycles. The Balaban J connectivity index is 2.12. The molecule has 0 N–H and O–H groups in total. The molecule has 222 valence electrons. The van der Waals surface area contributed by atoms with Gasteiger partial charge in [-0.15, -0.1) is 0 Å². The minimum absolute atomic E-state index is 0.0588. The van der Waals surface area contributed by atoms with Crippen molar-refractivity contribution >= 4 is 16.1 Å². The monoisotopic (exact) mass is 570 g/mol. The molecule has 2 nitrogen and oxygen atoms in total. The average Bonchev–Trinajstić information content (AvgIpc) is 2.85. The van der Waals surface area contributed by atoms with Gasteiger partial charge in [0.2, 0.25) is 0 Å². The summed E-state index contributed by atoms with van der Waals surface area (Å²) in [5, 5.41) is 0.439. The normalized spacial score (nSPS) is 30.4. The van der Waals surface area contributed by atoms with Crippen molar-refractivity contribution in [2.45, 2.75) is 162 Å². The highest BCUT2D eigenvalue weighted by molar-refractivity contribution is 6.81. The van der Waals surface area contributed by atoms with E-state index in [4.69, 9.17) is 4.42 Å². The highest BCUT2D eigenvalue weighted by atomic mass is 28.3. The molecule has 3 rings (SSSR count). The highest BCUT2D eigenvalue weighted by Gasteiger charge is 2.61. The van der Waals surface area contributed by atoms with Crippen molar-refractivity contribution in [2.75, 3.05) is 0 Å². The first kappa shape index (κ1) is 32.6. The predicted molar refractivity (Wildman–Crippen MR) is 177 cm³/mol. The van der Waals surface area contributed by atoms with Crippen molar-refractivity contribution in [3.8, 4) is 0 Å². The maximum atomic E-state index is 13.7. The molecular weight excluding hydrogens is 509 g/mol. The molecule has 4 heteroatoms. The number of fused-ring (bicyclic) bond motifs is 1. The lowest BCUT2D eigenvalue weighted by Crippen LogP contribution is -2.58. The second-order valence-corrected chi connectivity index (χ2v) is 27.2. The first-order valence-corrected chi connectivity index (χ1v) is 22.1. The van der Waals surface area contributed by atoms with E-state index in [1.165, 1.54) is 61.9 Å². The van der Waals surface area contributed by atoms with E-state index in [-0.39, 0.29) is 16.8 Å². The Hall–Kier alpha value is -0.876. The fraction of sp³-hybridized carbons (Fsp3) is 0.800. The second kappa shape index (κ2) is 11.4. The van der Waals surface area contributed by atoms with Crippen LogP contribution in [-0.2, 0) is 0 Å². The molecule has 39 heavy (non-hydrogen) atoms. The Labute approximate surface area is 243 Å². The van der Waals surface area contributed by atoms with Crippen LogP contribution >= 0.6 is 0 Å². The first-order valence-electron chi connectivity index (χ1n) is 16.2. The van der Waals surface area contributed by atoms with Gasteiger partial charge in [0, 0.05) is 17.0 Å². The fourth-order valence-electron chi connectivity index (χ4n) is 9.47. The van der Waals surface area contributed by atoms with Crippen molar-refractivity contribution in [3.05, 3.63) is 45.5 Å². The molecule has 0 amide bonds. The largest absolute Gasteiger partial charge is 0.469 e. The maximum absolute atomic E-state index is 13.7. The number of hydrogen-bond acceptors (Lipinski definition) is 2. The topological polar surface area (TPSA) is 30.2 Å². The summed E-state index contributed by atoms with van der Waals surface area (Å²) < 4.78 is 5.98. The molecule has 0 bridgehead atoms. The Morgan fingerprint density at radius 1 is 1.05 bits per heavy atom. The van der Waals surface area contributed by atoms with Crippen LogP contribution in [0.5, 0.6) is 0 Å². The fourth-order valence-corrected chi connectivity index (χ4v) is 16.8. The Morgan fingerprint density at radius 2 is 1.64 bits per heavy atom. The van der Waals surface area contributed by atoms with Crippen LogP contribution in [0.1, 0.15) is 117 Å². The standard InChI is InChI=1S/C35H62O2Si2/c1-14-39(15-2,16-3)30-20-22-35(11)29(34(30,10)21-17-23-38(12,13)33(7,8)9)19-18-25(4)31(35)28-24-37-27(6)26(5)32(28)36/h24,29-31H,4,14-23H2,1-3,5-13H3/t29-,30+,31-,34-,35-/m0/s1. The van der Waals surface area contributed by atoms with Crippen molar-refractivity contribution < 1.29 is 4.42 Å². The summed E-state index contributed by atoms with van der Waals surface area (Å²) in [5.41, 5.74) is 4.34. The van der Waals surface area contributed by atoms with Gasteiger partial charge >= 0.3 is 0 Å². The van der Waals surface area contributed by atoms with Crippen molar-refractivity contribution in [1.29, 1.82) is 0 Å². The third-order valence-electron chi connectivity index (χ3n) is 13.4. The maximum Gasteiger partial charge on any atom is 0.191 e. The van der Waals surface area contributed by atoms with Crippen LogP contribution < -0.4 is 5.43 Å². The summed E-state index contributed by atoms with van der Waals surface area (Å²) in [4.78, 5) is 13.7. The first-order chi connectivity index (χ1) is 18.0. The molecule has 0 spiro atoms. The van der Waals surface area contributed by atoms with E-state index in [2.05, 4.69) is 75.1 Å². The van der Waals surface area contributed by atoms with Crippen LogP contribution in [-0.4, -0.2) is 16.1 Å². The molecule has 0 unspecified atom stereocenters. The van der Waals surface area contributed by atoms with E-state index in [9.17, 15) is 4.79 Å². The molecule has 1 aromatic heterocycles. The molecule has 2 aliphatic carbocycles. The molecule has 0 aliphatic heterocycles. The van der Waals surface area contributed by atoms with Crippen LogP contribution in [0.25, 0.3) is 0 Å². The molecule has 1 heterocycles. The summed E-state index contributed by atoms with van der Waals surface area (Å²) in [6.45, 7) is 33.9. The number of hydrogen-bond donors (Lipinski definition) is 0. The van der Waals surface area contributed by atoms with E-state index < -0.39 is 16.1 Å². The van der Waals surface area contributed by atoms with Gasteiger partial charge in [0.05, 0.1) is 22.4 Å². The van der Waals surface area contributed by atoms with Crippen LogP contribution in [0, 0.1) is 30.6 Å². The zero-order valence-corrected chi connectivity index (χ0v) is 29.9. The van der Waals surface area contributed by atoms with E-state index >= 15 is 0 Å². The molecule has 0 radical (unpaired) electrons. The lowest BCUT2D eigenvalue weighted by molar-refractivity contribution is -0.0485. The summed E-state index contributed by atoms with van der Waals surface area (Å²) in [7, 11) is -2.76. The predicted octanol–water partition coefficient (Wildman–Crippen LogP) is 11.3. The van der Waals surface area contributed by atoms with Crippen LogP contribution in [0.3, 0.4) is 0 Å². The minimum Gasteiger partial charge on any atom is -0.469 e. The second-order valence-electron chi connectivity index (χ2n) is 15.9. The number of rotatable bonds is 9. The van der Waals surface area contributed by atoms with E-state index in [0.717, 1.165) is 28.8 Å². The minimum atomic E-state index is -1.43. The summed E-state index contributed by atoms with van der Waals surface area (Å²) in [6, 6.07) is 5.63. The van der Waals surface area contributed by atoms with Gasteiger partial charge in [0.15, 0.2) is 5.43 Å². The summed E-state index contributed by atoms with van der Waals surface area (Å²) >= 11 is 0. The zero-order valence-electron chi connectivity index (χ0n) is 27.9. The lowest BCUT2D eigenvalue weighted by Gasteiger charge is -2.64. The summed E-state index contributed by atoms with van der Waals surface area (Å²) in [6.07, 6.45) is 9.32. The highest BCUT2D eigenvalue weighted by Crippen LogP contribution is 2.70. The Kier molecular flexibility index (Phi) is 9.56. The van der Waals surface area contributed by atoms with E-state index in [1.54, 1.807) is 6.26 Å². The molecular formula is C35H62O2Si2. The van der Waals surface area contributed by atoms with Crippen molar-refractivity contribution in [2.24, 2.45) is 16.7 Å². The number of aryl methyl sites for hydroxylation is 1. The third-order valence-corrected chi connectivity index (χ3v) is 25.7. The van der Waals surface area contributed by atoms with Gasteiger partial charge in [-0.25, -0.2) is 0 Å². The van der Waals surface area contributed by atoms with Crippen LogP contribution in [0.4, 0.5) is 0 Å². The van der Waals surface area contributed by atoms with Crippen molar-refractivity contribution in [3.63, 3.8) is 0 Å². The third kappa shape index (κ3) is 5.52. The van der Waals surface area contributed by atoms with E-state index in [0.29, 0.717) is 16.4 Å². The molecule has 0 aromatic carbocycles. The molecule has 1 aromatic rings. The van der Waals surface area contributed by atoms with Crippen LogP contribution in [0.15, 0.2) is 27.6 Å². The van der Waals surface area contributed by atoms with Gasteiger partial charge in [0.25, 0.3) is 0 Å². The van der Waals surface area contributed by atoms with Crippen molar-refractivity contribution in [1.82, 2.24) is 0 Å². The van der Waals surface area contributed by atoms with E-state index in [1.807, 2.05) is 13.8 Å². The molecule has 5 atom stereocenters. The molecule has 2 aliphatic rings. The SMILES string of the molecule is C=C1CC[C@H]2[C@](C)(CCC[Si](C)(C)C(C)(C)C)[C@H]([Si](CC)(CC)CC)CC[C@]2(C)[C@@H]1c1coc(C)c(C)c1=O. The summed E-state index contributed by atoms with van der Waals surface area (Å²) in [5.74, 6) is 1.47. The zero-order chi connectivity index (χ0) is 29.6. The average molecular weight is 571 g/mol. The number of allylic oxidation sites excluding steroid dienone is 1. The van der Waals surface area contributed by atoms with Gasteiger partial charge in [-0.2, -0.15) is 0 Å².